The molecule has 3 aromatic carbocycles. The van der Waals surface area contributed by atoms with Crippen molar-refractivity contribution in [1.29, 1.82) is 0 Å². The maximum absolute atomic E-state index is 12.9. The molecule has 2 fully saturated rings. The Morgan fingerprint density at radius 2 is 1.80 bits per heavy atom. The Hall–Kier alpha value is -3.90. The minimum Gasteiger partial charge on any atom is -0.369 e. The van der Waals surface area contributed by atoms with Crippen molar-refractivity contribution in [3.63, 3.8) is 0 Å². The number of aromatic nitrogens is 2. The second-order valence-corrected chi connectivity index (χ2v) is 9.80. The fourth-order valence-electron chi connectivity index (χ4n) is 5.85. The highest BCUT2D eigenvalue weighted by molar-refractivity contribution is 6.09. The van der Waals surface area contributed by atoms with Crippen LogP contribution < -0.4 is 15.5 Å². The predicted octanol–water partition coefficient (Wildman–Crippen LogP) is 4.52. The molecule has 3 aliphatic rings. The Balaban J connectivity index is 1.11. The fraction of sp³-hybridized carbons (Fsp3) is 0.241. The Morgan fingerprint density at radius 3 is 2.66 bits per heavy atom. The van der Waals surface area contributed by atoms with Gasteiger partial charge in [0.2, 0.25) is 5.91 Å². The van der Waals surface area contributed by atoms with Gasteiger partial charge >= 0.3 is 0 Å². The number of fused-ring (bicyclic) bond motifs is 3. The van der Waals surface area contributed by atoms with Crippen LogP contribution in [0.25, 0.3) is 23.1 Å². The number of nitrogens with one attached hydrogen (secondary N) is 3. The first kappa shape index (κ1) is 20.5. The summed E-state index contributed by atoms with van der Waals surface area (Å²) in [5, 5.41) is 15.3. The molecule has 1 amide bonds. The molecule has 3 heterocycles. The number of piperazine rings is 1. The summed E-state index contributed by atoms with van der Waals surface area (Å²) in [6.07, 6.45) is 5.03. The van der Waals surface area contributed by atoms with Crippen molar-refractivity contribution < 1.29 is 4.79 Å². The maximum atomic E-state index is 12.9. The number of aromatic amines is 1. The highest BCUT2D eigenvalue weighted by Crippen LogP contribution is 2.64. The topological polar surface area (TPSA) is 73.1 Å². The van der Waals surface area contributed by atoms with Crippen LogP contribution in [0.2, 0.25) is 0 Å². The van der Waals surface area contributed by atoms with Crippen LogP contribution in [-0.4, -0.2) is 42.3 Å². The molecule has 1 spiro atoms. The van der Waals surface area contributed by atoms with Gasteiger partial charge in [0.05, 0.1) is 16.6 Å². The molecular weight excluding hydrogens is 434 g/mol. The van der Waals surface area contributed by atoms with Gasteiger partial charge in [-0.15, -0.1) is 0 Å². The zero-order chi connectivity index (χ0) is 23.4. The van der Waals surface area contributed by atoms with Gasteiger partial charge in [0.15, 0.2) is 0 Å². The summed E-state index contributed by atoms with van der Waals surface area (Å²) in [4.78, 5) is 15.3. The molecule has 2 aliphatic heterocycles. The Morgan fingerprint density at radius 1 is 0.971 bits per heavy atom. The molecule has 1 aromatic heterocycles. The molecule has 0 radical (unpaired) electrons. The molecule has 6 heteroatoms. The summed E-state index contributed by atoms with van der Waals surface area (Å²) in [7, 11) is 0. The largest absolute Gasteiger partial charge is 0.369 e. The van der Waals surface area contributed by atoms with E-state index in [4.69, 9.17) is 0 Å². The van der Waals surface area contributed by atoms with E-state index in [1.807, 2.05) is 18.2 Å². The lowest BCUT2D eigenvalue weighted by Gasteiger charge is -2.29. The second-order valence-electron chi connectivity index (χ2n) is 9.80. The van der Waals surface area contributed by atoms with Gasteiger partial charge in [-0.2, -0.15) is 5.10 Å². The normalized spacial score (nSPS) is 23.3. The quantitative estimate of drug-likeness (QED) is 0.418. The van der Waals surface area contributed by atoms with Gasteiger partial charge in [-0.3, -0.25) is 9.89 Å². The van der Waals surface area contributed by atoms with Gasteiger partial charge in [-0.1, -0.05) is 48.5 Å². The van der Waals surface area contributed by atoms with Gasteiger partial charge in [-0.25, -0.2) is 0 Å². The highest BCUT2D eigenvalue weighted by Gasteiger charge is 2.65. The van der Waals surface area contributed by atoms with E-state index in [1.54, 1.807) is 0 Å². The number of hydrogen-bond acceptors (Lipinski definition) is 4. The lowest BCUT2D eigenvalue weighted by molar-refractivity contribution is -0.118. The first-order chi connectivity index (χ1) is 17.2. The number of amides is 1. The van der Waals surface area contributed by atoms with Gasteiger partial charge in [0.25, 0.3) is 0 Å². The van der Waals surface area contributed by atoms with E-state index in [1.165, 1.54) is 11.3 Å². The first-order valence-electron chi connectivity index (χ1n) is 12.4. The molecule has 0 bridgehead atoms. The van der Waals surface area contributed by atoms with Gasteiger partial charge in [0, 0.05) is 48.9 Å². The molecular formula is C29H27N5O. The SMILES string of the molecule is O=C1Nc2ccccc2C12CC2c1ccc2c(C=Cc3ccc(N4CCNCC4)cc3)n[nH]c2c1. The van der Waals surface area contributed by atoms with E-state index in [0.29, 0.717) is 0 Å². The third-order valence-corrected chi connectivity index (χ3v) is 7.85. The van der Waals surface area contributed by atoms with E-state index in [9.17, 15) is 4.79 Å². The fourth-order valence-corrected chi connectivity index (χ4v) is 5.85. The maximum Gasteiger partial charge on any atom is 0.235 e. The van der Waals surface area contributed by atoms with Crippen molar-refractivity contribution in [3.8, 4) is 0 Å². The number of anilines is 2. The van der Waals surface area contributed by atoms with E-state index < -0.39 is 5.41 Å². The van der Waals surface area contributed by atoms with Gasteiger partial charge < -0.3 is 15.5 Å². The van der Waals surface area contributed by atoms with Crippen LogP contribution in [0.5, 0.6) is 0 Å². The van der Waals surface area contributed by atoms with E-state index in [2.05, 4.69) is 86.4 Å². The molecule has 7 rings (SSSR count). The third-order valence-electron chi connectivity index (χ3n) is 7.85. The highest BCUT2D eigenvalue weighted by atomic mass is 16.2. The average molecular weight is 462 g/mol. The van der Waals surface area contributed by atoms with Crippen LogP contribution in [0.15, 0.2) is 66.7 Å². The van der Waals surface area contributed by atoms with Crippen molar-refractivity contribution in [2.45, 2.75) is 17.8 Å². The molecule has 35 heavy (non-hydrogen) atoms. The minimum atomic E-state index is -0.413. The molecule has 2 atom stereocenters. The van der Waals surface area contributed by atoms with Crippen molar-refractivity contribution in [1.82, 2.24) is 15.5 Å². The number of carbonyl (C=O) groups excluding carboxylic acids is 1. The number of para-hydroxylation sites is 1. The summed E-state index contributed by atoms with van der Waals surface area (Å²) in [5.74, 6) is 0.326. The number of benzene rings is 3. The molecule has 174 valence electrons. The molecule has 4 aromatic rings. The number of carbonyl (C=O) groups is 1. The summed E-state index contributed by atoms with van der Waals surface area (Å²) < 4.78 is 0. The van der Waals surface area contributed by atoms with E-state index in [-0.39, 0.29) is 11.8 Å². The molecule has 1 aliphatic carbocycles. The van der Waals surface area contributed by atoms with Crippen LogP contribution in [0, 0.1) is 0 Å². The van der Waals surface area contributed by atoms with E-state index in [0.717, 1.165) is 66.0 Å². The monoisotopic (exact) mass is 461 g/mol. The minimum absolute atomic E-state index is 0.125. The number of hydrogen-bond donors (Lipinski definition) is 3. The van der Waals surface area contributed by atoms with Crippen LogP contribution in [0.1, 0.15) is 34.7 Å². The van der Waals surface area contributed by atoms with Crippen molar-refractivity contribution in [2.24, 2.45) is 0 Å². The third kappa shape index (κ3) is 3.28. The Bertz CT molecular complexity index is 1460. The number of rotatable bonds is 4. The molecule has 2 unspecified atom stereocenters. The zero-order valence-corrected chi connectivity index (χ0v) is 19.4. The first-order valence-corrected chi connectivity index (χ1v) is 12.4. The number of nitrogens with zero attached hydrogens (tertiary/aromatic N) is 2. The van der Waals surface area contributed by atoms with E-state index >= 15 is 0 Å². The molecule has 3 N–H and O–H groups in total. The number of H-pyrrole nitrogens is 1. The molecule has 6 nitrogen and oxygen atoms in total. The van der Waals surface area contributed by atoms with Gasteiger partial charge in [0.1, 0.15) is 0 Å². The summed E-state index contributed by atoms with van der Waals surface area (Å²) in [6, 6.07) is 23.2. The lowest BCUT2D eigenvalue weighted by atomic mass is 9.92. The molecule has 1 saturated carbocycles. The van der Waals surface area contributed by atoms with Gasteiger partial charge in [-0.05, 0) is 53.5 Å². The lowest BCUT2D eigenvalue weighted by Crippen LogP contribution is -2.43. The zero-order valence-electron chi connectivity index (χ0n) is 19.4. The van der Waals surface area contributed by atoms with Crippen molar-refractivity contribution in [3.05, 3.63) is 89.1 Å². The standard InChI is InChI=1S/C29H27N5O/c35-28-29(23-3-1-2-4-26(23)31-28)18-24(29)20-8-11-22-25(32-33-27(22)17-20)12-7-19-5-9-21(10-6-19)34-15-13-30-14-16-34/h1-12,17,24,30H,13-16,18H2,(H,31,35)(H,32,33). The van der Waals surface area contributed by atoms with Crippen LogP contribution in [-0.2, 0) is 10.2 Å². The second kappa shape index (κ2) is 7.82. The van der Waals surface area contributed by atoms with Crippen LogP contribution in [0.4, 0.5) is 11.4 Å². The van der Waals surface area contributed by atoms with Crippen LogP contribution in [0.3, 0.4) is 0 Å². The predicted molar refractivity (Wildman–Crippen MR) is 141 cm³/mol. The Labute approximate surface area is 204 Å². The smallest absolute Gasteiger partial charge is 0.235 e. The Kier molecular flexibility index (Phi) is 4.57. The average Bonchev–Trinajstić information content (AvgIpc) is 3.44. The van der Waals surface area contributed by atoms with Crippen molar-refractivity contribution in [2.75, 3.05) is 36.4 Å². The molecule has 1 saturated heterocycles. The van der Waals surface area contributed by atoms with Crippen LogP contribution >= 0.6 is 0 Å². The summed E-state index contributed by atoms with van der Waals surface area (Å²) >= 11 is 0. The van der Waals surface area contributed by atoms with Crippen molar-refractivity contribution >= 4 is 40.3 Å². The summed E-state index contributed by atoms with van der Waals surface area (Å²) in [5.41, 5.74) is 7.22. The summed E-state index contributed by atoms with van der Waals surface area (Å²) in [6.45, 7) is 4.18.